The van der Waals surface area contributed by atoms with E-state index in [4.69, 9.17) is 32.7 Å². The van der Waals surface area contributed by atoms with Crippen LogP contribution in [0.2, 0.25) is 10.0 Å². The van der Waals surface area contributed by atoms with Gasteiger partial charge in [-0.25, -0.2) is 9.18 Å². The molecule has 2 aromatic rings. The van der Waals surface area contributed by atoms with E-state index in [0.717, 1.165) is 23.5 Å². The van der Waals surface area contributed by atoms with Gasteiger partial charge in [-0.15, -0.1) is 0 Å². The lowest BCUT2D eigenvalue weighted by atomic mass is 10.1. The van der Waals surface area contributed by atoms with Crippen molar-refractivity contribution in [2.45, 2.75) is 26.8 Å². The van der Waals surface area contributed by atoms with Gasteiger partial charge in [-0.2, -0.15) is 0 Å². The SMILES string of the molecule is COC[C@H](C)n1c(C)cc(C(=O)COC(=O)c2cc(F)c(Cl)cc2Cl)c1C. The maximum absolute atomic E-state index is 13.5. The van der Waals surface area contributed by atoms with Crippen molar-refractivity contribution in [3.05, 3.63) is 56.6 Å². The monoisotopic (exact) mass is 415 g/mol. The highest BCUT2D eigenvalue weighted by Gasteiger charge is 2.21. The third-order valence-electron chi connectivity index (χ3n) is 4.20. The van der Waals surface area contributed by atoms with E-state index < -0.39 is 18.4 Å². The number of hydrogen-bond acceptors (Lipinski definition) is 4. The number of aromatic nitrogens is 1. The third kappa shape index (κ3) is 4.69. The Morgan fingerprint density at radius 1 is 1.15 bits per heavy atom. The van der Waals surface area contributed by atoms with Crippen molar-refractivity contribution in [2.75, 3.05) is 20.3 Å². The second kappa shape index (κ2) is 8.87. The highest BCUT2D eigenvalue weighted by Crippen LogP contribution is 2.25. The fraction of sp³-hybridized carbons (Fsp3) is 0.368. The van der Waals surface area contributed by atoms with Crippen LogP contribution in [0.5, 0.6) is 0 Å². The minimum Gasteiger partial charge on any atom is -0.454 e. The molecule has 0 N–H and O–H groups in total. The Hall–Kier alpha value is -1.89. The number of hydrogen-bond donors (Lipinski definition) is 0. The Morgan fingerprint density at radius 3 is 2.44 bits per heavy atom. The van der Waals surface area contributed by atoms with Gasteiger partial charge in [-0.3, -0.25) is 4.79 Å². The first kappa shape index (κ1) is 21.4. The highest BCUT2D eigenvalue weighted by atomic mass is 35.5. The smallest absolute Gasteiger partial charge is 0.340 e. The number of ether oxygens (including phenoxy) is 2. The summed E-state index contributed by atoms with van der Waals surface area (Å²) in [5.74, 6) is -2.06. The lowest BCUT2D eigenvalue weighted by Crippen LogP contribution is -2.17. The van der Waals surface area contributed by atoms with E-state index >= 15 is 0 Å². The Bertz CT molecular complexity index is 879. The van der Waals surface area contributed by atoms with E-state index in [0.29, 0.717) is 12.2 Å². The van der Waals surface area contributed by atoms with Crippen LogP contribution in [0, 0.1) is 19.7 Å². The summed E-state index contributed by atoms with van der Waals surface area (Å²) in [6, 6.07) is 3.79. The Morgan fingerprint density at radius 2 is 1.81 bits per heavy atom. The van der Waals surface area contributed by atoms with Crippen molar-refractivity contribution in [2.24, 2.45) is 0 Å². The standard InChI is InChI=1S/C19H20Cl2FNO4/c1-10-5-13(12(3)23(10)11(2)8-26-4)18(24)9-27-19(25)14-6-17(22)16(21)7-15(14)20/h5-7,11H,8-9H2,1-4H3/t11-/m0/s1. The second-order valence-corrected chi connectivity index (χ2v) is 7.02. The first-order valence-corrected chi connectivity index (χ1v) is 8.95. The van der Waals surface area contributed by atoms with Crippen LogP contribution in [-0.4, -0.2) is 36.6 Å². The molecule has 8 heteroatoms. The number of nitrogens with zero attached hydrogens (tertiary/aromatic N) is 1. The molecular weight excluding hydrogens is 396 g/mol. The van der Waals surface area contributed by atoms with Gasteiger partial charge in [0.25, 0.3) is 0 Å². The summed E-state index contributed by atoms with van der Waals surface area (Å²) in [4.78, 5) is 24.6. The van der Waals surface area contributed by atoms with Gasteiger partial charge in [0.2, 0.25) is 5.78 Å². The van der Waals surface area contributed by atoms with Crippen LogP contribution >= 0.6 is 23.2 Å². The number of Topliss-reactive ketones (excluding diaryl/α,β-unsaturated/α-hetero) is 1. The normalized spacial score (nSPS) is 12.1. The largest absolute Gasteiger partial charge is 0.454 e. The number of rotatable bonds is 7. The molecule has 0 fully saturated rings. The average molecular weight is 416 g/mol. The molecule has 0 aliphatic carbocycles. The number of carbonyl (C=O) groups is 2. The van der Waals surface area contributed by atoms with Gasteiger partial charge in [-0.05, 0) is 39.0 Å². The topological polar surface area (TPSA) is 57.5 Å². The van der Waals surface area contributed by atoms with Gasteiger partial charge in [0.05, 0.1) is 28.3 Å². The average Bonchev–Trinajstić information content (AvgIpc) is 2.90. The predicted molar refractivity (Wildman–Crippen MR) is 102 cm³/mol. The number of aryl methyl sites for hydroxylation is 1. The fourth-order valence-corrected chi connectivity index (χ4v) is 3.48. The minimum absolute atomic E-state index is 0.0505. The lowest BCUT2D eigenvalue weighted by molar-refractivity contribution is 0.0474. The van der Waals surface area contributed by atoms with Gasteiger partial charge >= 0.3 is 5.97 Å². The Labute approximate surface area is 167 Å². The van der Waals surface area contributed by atoms with Crippen LogP contribution in [0.15, 0.2) is 18.2 Å². The molecule has 146 valence electrons. The summed E-state index contributed by atoms with van der Waals surface area (Å²) in [6.45, 7) is 5.70. The molecule has 0 bridgehead atoms. The first-order chi connectivity index (χ1) is 12.7. The number of ketones is 1. The number of halogens is 3. The molecule has 0 spiro atoms. The molecule has 5 nitrogen and oxygen atoms in total. The van der Waals surface area contributed by atoms with Crippen molar-refractivity contribution in [3.63, 3.8) is 0 Å². The molecule has 0 saturated heterocycles. The fourth-order valence-electron chi connectivity index (χ4n) is 3.02. The van der Waals surface area contributed by atoms with Crippen LogP contribution in [-0.2, 0) is 9.47 Å². The summed E-state index contributed by atoms with van der Waals surface area (Å²) >= 11 is 11.5. The first-order valence-electron chi connectivity index (χ1n) is 8.19. The van der Waals surface area contributed by atoms with Crippen molar-refractivity contribution in [1.29, 1.82) is 0 Å². The number of esters is 1. The van der Waals surface area contributed by atoms with E-state index in [-0.39, 0.29) is 27.4 Å². The summed E-state index contributed by atoms with van der Waals surface area (Å²) in [7, 11) is 1.61. The van der Waals surface area contributed by atoms with Crippen molar-refractivity contribution < 1.29 is 23.5 Å². The van der Waals surface area contributed by atoms with E-state index in [1.807, 2.05) is 25.3 Å². The van der Waals surface area contributed by atoms with Gasteiger partial charge in [0.15, 0.2) is 6.61 Å². The molecule has 0 aliphatic heterocycles. The molecule has 27 heavy (non-hydrogen) atoms. The van der Waals surface area contributed by atoms with Gasteiger partial charge in [-0.1, -0.05) is 23.2 Å². The molecule has 0 aliphatic rings. The van der Waals surface area contributed by atoms with E-state index in [1.54, 1.807) is 13.2 Å². The van der Waals surface area contributed by atoms with E-state index in [2.05, 4.69) is 0 Å². The highest BCUT2D eigenvalue weighted by molar-refractivity contribution is 6.36. The van der Waals surface area contributed by atoms with Crippen LogP contribution in [0.1, 0.15) is 45.1 Å². The van der Waals surface area contributed by atoms with Crippen LogP contribution in [0.3, 0.4) is 0 Å². The molecule has 0 radical (unpaired) electrons. The molecule has 1 aromatic carbocycles. The van der Waals surface area contributed by atoms with Crippen molar-refractivity contribution >= 4 is 35.0 Å². The molecule has 1 atom stereocenters. The lowest BCUT2D eigenvalue weighted by Gasteiger charge is -2.17. The van der Waals surface area contributed by atoms with Crippen LogP contribution < -0.4 is 0 Å². The maximum Gasteiger partial charge on any atom is 0.340 e. The summed E-state index contributed by atoms with van der Waals surface area (Å²) in [6.07, 6.45) is 0. The van der Waals surface area contributed by atoms with Crippen LogP contribution in [0.25, 0.3) is 0 Å². The summed E-state index contributed by atoms with van der Waals surface area (Å²) < 4.78 is 25.7. The number of carbonyl (C=O) groups excluding carboxylic acids is 2. The van der Waals surface area contributed by atoms with Crippen molar-refractivity contribution in [3.8, 4) is 0 Å². The van der Waals surface area contributed by atoms with Gasteiger partial charge < -0.3 is 14.0 Å². The molecule has 2 rings (SSSR count). The van der Waals surface area contributed by atoms with Crippen molar-refractivity contribution in [1.82, 2.24) is 4.57 Å². The zero-order valence-electron chi connectivity index (χ0n) is 15.4. The number of benzene rings is 1. The zero-order valence-corrected chi connectivity index (χ0v) is 16.9. The second-order valence-electron chi connectivity index (χ2n) is 6.20. The molecule has 1 heterocycles. The zero-order chi connectivity index (χ0) is 20.3. The summed E-state index contributed by atoms with van der Waals surface area (Å²) in [5, 5.41) is -0.254. The predicted octanol–water partition coefficient (Wildman–Crippen LogP) is 4.80. The molecular formula is C19H20Cl2FNO4. The van der Waals surface area contributed by atoms with E-state index in [1.165, 1.54) is 0 Å². The summed E-state index contributed by atoms with van der Waals surface area (Å²) in [5.41, 5.74) is 1.92. The van der Waals surface area contributed by atoms with Gasteiger partial charge in [0, 0.05) is 24.1 Å². The Kier molecular flexibility index (Phi) is 7.03. The molecule has 0 saturated carbocycles. The minimum atomic E-state index is -0.898. The van der Waals surface area contributed by atoms with E-state index in [9.17, 15) is 14.0 Å². The molecule has 1 aromatic heterocycles. The maximum atomic E-state index is 13.5. The molecule has 0 unspecified atom stereocenters. The van der Waals surface area contributed by atoms with Gasteiger partial charge in [0.1, 0.15) is 5.82 Å². The Balaban J connectivity index is 2.13. The molecule has 0 amide bonds. The quantitative estimate of drug-likeness (QED) is 0.370. The third-order valence-corrected chi connectivity index (χ3v) is 4.80. The van der Waals surface area contributed by atoms with Crippen LogP contribution in [0.4, 0.5) is 4.39 Å². The number of methoxy groups -OCH3 is 1.